The second kappa shape index (κ2) is 4.33. The molecule has 1 aliphatic heterocycles. The van der Waals surface area contributed by atoms with E-state index in [1.807, 2.05) is 11.7 Å². The van der Waals surface area contributed by atoms with Crippen molar-refractivity contribution in [3.8, 4) is 0 Å². The highest BCUT2D eigenvalue weighted by molar-refractivity contribution is 5.15. The Bertz CT molecular complexity index is 335. The van der Waals surface area contributed by atoms with Crippen LogP contribution in [0, 0.1) is 12.8 Å². The van der Waals surface area contributed by atoms with Gasteiger partial charge in [-0.15, -0.1) is 0 Å². The second-order valence-corrected chi connectivity index (χ2v) is 4.49. The van der Waals surface area contributed by atoms with E-state index < -0.39 is 0 Å². The zero-order valence-electron chi connectivity index (χ0n) is 9.48. The van der Waals surface area contributed by atoms with Gasteiger partial charge < -0.3 is 5.11 Å². The first kappa shape index (κ1) is 10.6. The molecule has 2 rings (SSSR count). The Morgan fingerprint density at radius 3 is 2.93 bits per heavy atom. The van der Waals surface area contributed by atoms with Gasteiger partial charge in [-0.25, -0.2) is 0 Å². The molecule has 2 heterocycles. The summed E-state index contributed by atoms with van der Waals surface area (Å²) in [6.45, 7) is 5.46. The van der Waals surface area contributed by atoms with Crippen molar-refractivity contribution in [2.45, 2.75) is 19.9 Å². The van der Waals surface area contributed by atoms with E-state index in [1.54, 1.807) is 0 Å². The van der Waals surface area contributed by atoms with Gasteiger partial charge in [-0.2, -0.15) is 5.10 Å². The molecule has 0 saturated carbocycles. The lowest BCUT2D eigenvalue weighted by atomic mass is 10.1. The van der Waals surface area contributed by atoms with Crippen LogP contribution < -0.4 is 0 Å². The molecule has 0 spiro atoms. The van der Waals surface area contributed by atoms with Crippen molar-refractivity contribution in [3.05, 3.63) is 17.5 Å². The second-order valence-electron chi connectivity index (χ2n) is 4.49. The molecule has 0 aliphatic carbocycles. The quantitative estimate of drug-likeness (QED) is 0.790. The summed E-state index contributed by atoms with van der Waals surface area (Å²) < 4.78 is 1.87. The van der Waals surface area contributed by atoms with Gasteiger partial charge in [-0.05, 0) is 25.8 Å². The fourth-order valence-electron chi connectivity index (χ4n) is 2.25. The first-order chi connectivity index (χ1) is 7.19. The standard InChI is InChI=1S/C11H19N3O/c1-9-11(6-13(2)12-9)7-14-4-3-10(5-14)8-15/h6,10,15H,3-5,7-8H2,1-2H3. The van der Waals surface area contributed by atoms with Crippen LogP contribution in [0.1, 0.15) is 17.7 Å². The fraction of sp³-hybridized carbons (Fsp3) is 0.727. The summed E-state index contributed by atoms with van der Waals surface area (Å²) in [5.74, 6) is 0.474. The highest BCUT2D eigenvalue weighted by Gasteiger charge is 2.22. The van der Waals surface area contributed by atoms with E-state index >= 15 is 0 Å². The molecule has 0 bridgehead atoms. The molecule has 1 unspecified atom stereocenters. The van der Waals surface area contributed by atoms with Crippen molar-refractivity contribution in [2.75, 3.05) is 19.7 Å². The maximum Gasteiger partial charge on any atom is 0.0638 e. The molecule has 4 heteroatoms. The van der Waals surface area contributed by atoms with E-state index in [9.17, 15) is 0 Å². The topological polar surface area (TPSA) is 41.3 Å². The van der Waals surface area contributed by atoms with Gasteiger partial charge in [0.2, 0.25) is 0 Å². The average molecular weight is 209 g/mol. The summed E-state index contributed by atoms with van der Waals surface area (Å²) in [6.07, 6.45) is 3.21. The number of aryl methyl sites for hydroxylation is 2. The normalized spacial score (nSPS) is 22.5. The first-order valence-electron chi connectivity index (χ1n) is 5.51. The minimum Gasteiger partial charge on any atom is -0.396 e. The molecule has 1 fully saturated rings. The zero-order valence-corrected chi connectivity index (χ0v) is 9.48. The monoisotopic (exact) mass is 209 g/mol. The molecule has 1 atom stereocenters. The van der Waals surface area contributed by atoms with Crippen molar-refractivity contribution >= 4 is 0 Å². The Hall–Kier alpha value is -0.870. The van der Waals surface area contributed by atoms with Gasteiger partial charge in [0, 0.05) is 38.5 Å². The van der Waals surface area contributed by atoms with E-state index in [1.165, 1.54) is 5.56 Å². The average Bonchev–Trinajstić information content (AvgIpc) is 2.75. The van der Waals surface area contributed by atoms with E-state index in [2.05, 4.69) is 23.1 Å². The van der Waals surface area contributed by atoms with Crippen LogP contribution in [0.4, 0.5) is 0 Å². The fourth-order valence-corrected chi connectivity index (χ4v) is 2.25. The molecule has 1 saturated heterocycles. The summed E-state index contributed by atoms with van der Waals surface area (Å²) in [6, 6.07) is 0. The maximum atomic E-state index is 9.07. The van der Waals surface area contributed by atoms with Crippen LogP contribution in [0.25, 0.3) is 0 Å². The van der Waals surface area contributed by atoms with Crippen LogP contribution in [0.2, 0.25) is 0 Å². The predicted octanol–water partition coefficient (Wildman–Crippen LogP) is 0.543. The molecule has 1 aromatic heterocycles. The van der Waals surface area contributed by atoms with Crippen LogP contribution in [0.3, 0.4) is 0 Å². The lowest BCUT2D eigenvalue weighted by Crippen LogP contribution is -2.21. The summed E-state index contributed by atoms with van der Waals surface area (Å²) in [5.41, 5.74) is 2.42. The molecule has 1 aliphatic rings. The van der Waals surface area contributed by atoms with Crippen LogP contribution in [0.15, 0.2) is 6.20 Å². The smallest absolute Gasteiger partial charge is 0.0638 e. The molecular weight excluding hydrogens is 190 g/mol. The summed E-state index contributed by atoms with van der Waals surface area (Å²) in [4.78, 5) is 2.39. The number of likely N-dealkylation sites (tertiary alicyclic amines) is 1. The SMILES string of the molecule is Cc1nn(C)cc1CN1CCC(CO)C1. The number of hydrogen-bond donors (Lipinski definition) is 1. The highest BCUT2D eigenvalue weighted by atomic mass is 16.3. The molecule has 4 nitrogen and oxygen atoms in total. The van der Waals surface area contributed by atoms with Crippen LogP contribution >= 0.6 is 0 Å². The molecule has 84 valence electrons. The van der Waals surface area contributed by atoms with Gasteiger partial charge in [0.15, 0.2) is 0 Å². The van der Waals surface area contributed by atoms with Gasteiger partial charge in [0.25, 0.3) is 0 Å². The Kier molecular flexibility index (Phi) is 3.07. The Morgan fingerprint density at radius 1 is 1.60 bits per heavy atom. The van der Waals surface area contributed by atoms with Gasteiger partial charge >= 0.3 is 0 Å². The van der Waals surface area contributed by atoms with E-state index in [0.717, 1.165) is 31.7 Å². The van der Waals surface area contributed by atoms with Gasteiger partial charge in [0.05, 0.1) is 5.69 Å². The molecular formula is C11H19N3O. The number of aliphatic hydroxyl groups is 1. The molecule has 0 aromatic carbocycles. The summed E-state index contributed by atoms with van der Waals surface area (Å²) in [5, 5.41) is 13.4. The van der Waals surface area contributed by atoms with Crippen molar-refractivity contribution in [3.63, 3.8) is 0 Å². The number of aromatic nitrogens is 2. The minimum absolute atomic E-state index is 0.322. The minimum atomic E-state index is 0.322. The Labute approximate surface area is 90.5 Å². The Balaban J connectivity index is 1.95. The third kappa shape index (κ3) is 2.38. The van der Waals surface area contributed by atoms with Gasteiger partial charge in [0.1, 0.15) is 0 Å². The molecule has 0 radical (unpaired) electrons. The van der Waals surface area contributed by atoms with E-state index in [0.29, 0.717) is 12.5 Å². The van der Waals surface area contributed by atoms with Crippen molar-refractivity contribution in [1.82, 2.24) is 14.7 Å². The number of nitrogens with zero attached hydrogens (tertiary/aromatic N) is 3. The van der Waals surface area contributed by atoms with Gasteiger partial charge in [-0.1, -0.05) is 0 Å². The molecule has 15 heavy (non-hydrogen) atoms. The molecule has 1 aromatic rings. The number of rotatable bonds is 3. The van der Waals surface area contributed by atoms with E-state index in [4.69, 9.17) is 5.11 Å². The number of hydrogen-bond acceptors (Lipinski definition) is 3. The zero-order chi connectivity index (χ0) is 10.8. The van der Waals surface area contributed by atoms with Crippen molar-refractivity contribution < 1.29 is 5.11 Å². The van der Waals surface area contributed by atoms with Crippen LogP contribution in [-0.4, -0.2) is 39.5 Å². The van der Waals surface area contributed by atoms with Gasteiger partial charge in [-0.3, -0.25) is 9.58 Å². The van der Waals surface area contributed by atoms with Crippen LogP contribution in [0.5, 0.6) is 0 Å². The largest absolute Gasteiger partial charge is 0.396 e. The summed E-state index contributed by atoms with van der Waals surface area (Å²) >= 11 is 0. The van der Waals surface area contributed by atoms with E-state index in [-0.39, 0.29) is 0 Å². The maximum absolute atomic E-state index is 9.07. The Morgan fingerprint density at radius 2 is 2.40 bits per heavy atom. The third-order valence-electron chi connectivity index (χ3n) is 3.14. The third-order valence-corrected chi connectivity index (χ3v) is 3.14. The highest BCUT2D eigenvalue weighted by Crippen LogP contribution is 2.18. The number of aliphatic hydroxyl groups excluding tert-OH is 1. The summed E-state index contributed by atoms with van der Waals surface area (Å²) in [7, 11) is 1.96. The molecule has 1 N–H and O–H groups in total. The van der Waals surface area contributed by atoms with Crippen LogP contribution in [-0.2, 0) is 13.6 Å². The van der Waals surface area contributed by atoms with Crippen molar-refractivity contribution in [1.29, 1.82) is 0 Å². The molecule has 0 amide bonds. The lowest BCUT2D eigenvalue weighted by Gasteiger charge is -2.14. The first-order valence-corrected chi connectivity index (χ1v) is 5.51. The lowest BCUT2D eigenvalue weighted by molar-refractivity contribution is 0.220. The van der Waals surface area contributed by atoms with Crippen molar-refractivity contribution in [2.24, 2.45) is 13.0 Å². The predicted molar refractivity (Wildman–Crippen MR) is 58.4 cm³/mol.